The van der Waals surface area contributed by atoms with Crippen LogP contribution in [0.3, 0.4) is 0 Å². The number of carbonyl (C=O) groups is 2. The van der Waals surface area contributed by atoms with Crippen LogP contribution in [0.25, 0.3) is 0 Å². The maximum Gasteiger partial charge on any atom is 0.341 e. The molecule has 2 aromatic rings. The van der Waals surface area contributed by atoms with E-state index in [9.17, 15) is 14.7 Å². The van der Waals surface area contributed by atoms with Gasteiger partial charge in [0, 0.05) is 10.0 Å². The van der Waals surface area contributed by atoms with Gasteiger partial charge in [0.05, 0.1) is 11.8 Å². The van der Waals surface area contributed by atoms with Gasteiger partial charge in [-0.05, 0) is 30.3 Å². The second-order valence-electron chi connectivity index (χ2n) is 4.58. The third kappa shape index (κ3) is 4.82. The number of benzene rings is 2. The third-order valence-electron chi connectivity index (χ3n) is 2.84. The highest BCUT2D eigenvalue weighted by Crippen LogP contribution is 2.21. The van der Waals surface area contributed by atoms with E-state index in [1.54, 1.807) is 30.3 Å². The zero-order valence-electron chi connectivity index (χ0n) is 12.3. The van der Waals surface area contributed by atoms with Crippen molar-refractivity contribution in [2.24, 2.45) is 5.10 Å². The number of carbonyl (C=O) groups excluding carboxylic acids is 1. The summed E-state index contributed by atoms with van der Waals surface area (Å²) < 4.78 is 5.77. The molecule has 0 aliphatic rings. The van der Waals surface area contributed by atoms with Gasteiger partial charge in [-0.1, -0.05) is 28.1 Å². The number of carboxylic acids is 1. The molecular formula is C16H13BrN2O5. The second-order valence-corrected chi connectivity index (χ2v) is 5.50. The van der Waals surface area contributed by atoms with Gasteiger partial charge in [-0.2, -0.15) is 5.10 Å². The fourth-order valence-corrected chi connectivity index (χ4v) is 2.13. The Balaban J connectivity index is 2.07. The zero-order valence-corrected chi connectivity index (χ0v) is 13.9. The van der Waals surface area contributed by atoms with Crippen molar-refractivity contribution in [2.75, 3.05) is 6.61 Å². The predicted molar refractivity (Wildman–Crippen MR) is 90.4 cm³/mol. The first-order valence-electron chi connectivity index (χ1n) is 6.73. The number of hydrogen-bond donors (Lipinski definition) is 3. The van der Waals surface area contributed by atoms with E-state index in [2.05, 4.69) is 26.5 Å². The molecule has 124 valence electrons. The van der Waals surface area contributed by atoms with Gasteiger partial charge in [0.2, 0.25) is 0 Å². The van der Waals surface area contributed by atoms with Crippen LogP contribution in [-0.2, 0) is 4.79 Å². The fraction of sp³-hybridized carbons (Fsp3) is 0.0625. The Morgan fingerprint density at radius 2 is 2.00 bits per heavy atom. The van der Waals surface area contributed by atoms with E-state index in [0.29, 0.717) is 15.8 Å². The molecule has 0 bridgehead atoms. The van der Waals surface area contributed by atoms with E-state index >= 15 is 0 Å². The van der Waals surface area contributed by atoms with E-state index in [0.717, 1.165) is 0 Å². The molecule has 0 radical (unpaired) electrons. The highest BCUT2D eigenvalue weighted by molar-refractivity contribution is 9.10. The average Bonchev–Trinajstić information content (AvgIpc) is 2.56. The lowest BCUT2D eigenvalue weighted by Crippen LogP contribution is -2.18. The van der Waals surface area contributed by atoms with Gasteiger partial charge >= 0.3 is 5.97 Å². The predicted octanol–water partition coefficient (Wildman–Crippen LogP) is 2.38. The maximum atomic E-state index is 12.0. The number of aliphatic carboxylic acids is 1. The van der Waals surface area contributed by atoms with E-state index in [1.165, 1.54) is 18.3 Å². The molecule has 0 aliphatic heterocycles. The smallest absolute Gasteiger partial charge is 0.341 e. The van der Waals surface area contributed by atoms with Crippen LogP contribution in [-0.4, -0.2) is 34.9 Å². The normalized spacial score (nSPS) is 10.5. The maximum absolute atomic E-state index is 12.0. The van der Waals surface area contributed by atoms with Gasteiger partial charge in [-0.3, -0.25) is 4.79 Å². The van der Waals surface area contributed by atoms with E-state index in [-0.39, 0.29) is 11.3 Å². The van der Waals surface area contributed by atoms with Gasteiger partial charge in [0.15, 0.2) is 6.61 Å². The number of aromatic hydroxyl groups is 1. The number of ether oxygens (including phenoxy) is 1. The van der Waals surface area contributed by atoms with Gasteiger partial charge in [-0.25, -0.2) is 10.2 Å². The molecule has 3 N–H and O–H groups in total. The molecule has 1 amide bonds. The molecule has 0 unspecified atom stereocenters. The highest BCUT2D eigenvalue weighted by atomic mass is 79.9. The van der Waals surface area contributed by atoms with Crippen LogP contribution in [0, 0.1) is 0 Å². The topological polar surface area (TPSA) is 108 Å². The first-order valence-corrected chi connectivity index (χ1v) is 7.52. The molecule has 7 nitrogen and oxygen atoms in total. The Kier molecular flexibility index (Phi) is 5.91. The lowest BCUT2D eigenvalue weighted by molar-refractivity contribution is -0.139. The van der Waals surface area contributed by atoms with Crippen molar-refractivity contribution in [3.05, 3.63) is 58.1 Å². The Morgan fingerprint density at radius 3 is 2.75 bits per heavy atom. The molecule has 0 aromatic heterocycles. The number of rotatable bonds is 6. The Hall–Kier alpha value is -2.87. The van der Waals surface area contributed by atoms with Crippen molar-refractivity contribution < 1.29 is 24.5 Å². The van der Waals surface area contributed by atoms with Crippen molar-refractivity contribution in [1.82, 2.24) is 5.43 Å². The minimum atomic E-state index is -1.10. The van der Waals surface area contributed by atoms with E-state index in [4.69, 9.17) is 9.84 Å². The number of halogens is 1. The van der Waals surface area contributed by atoms with Crippen LogP contribution in [0.15, 0.2) is 52.0 Å². The lowest BCUT2D eigenvalue weighted by Gasteiger charge is -2.06. The summed E-state index contributed by atoms with van der Waals surface area (Å²) in [4.78, 5) is 22.6. The molecule has 2 aromatic carbocycles. The van der Waals surface area contributed by atoms with Crippen LogP contribution < -0.4 is 10.2 Å². The van der Waals surface area contributed by atoms with Crippen LogP contribution in [0.4, 0.5) is 0 Å². The number of hydrogen-bond acceptors (Lipinski definition) is 5. The Morgan fingerprint density at radius 1 is 1.25 bits per heavy atom. The third-order valence-corrected chi connectivity index (χ3v) is 3.34. The summed E-state index contributed by atoms with van der Waals surface area (Å²) >= 11 is 3.21. The fourth-order valence-electron chi connectivity index (χ4n) is 1.77. The van der Waals surface area contributed by atoms with E-state index < -0.39 is 18.5 Å². The van der Waals surface area contributed by atoms with Crippen LogP contribution in [0.2, 0.25) is 0 Å². The summed E-state index contributed by atoms with van der Waals surface area (Å²) in [6, 6.07) is 11.1. The summed E-state index contributed by atoms with van der Waals surface area (Å²) in [7, 11) is 0. The Labute approximate surface area is 145 Å². The quantitative estimate of drug-likeness (QED) is 0.516. The SMILES string of the molecule is O=C(O)COc1ccccc1/C=N/NC(=O)c1cc(Br)ccc1O. The zero-order chi connectivity index (χ0) is 17.5. The van der Waals surface area contributed by atoms with Gasteiger partial charge in [0.1, 0.15) is 11.5 Å². The molecule has 0 heterocycles. The largest absolute Gasteiger partial charge is 0.507 e. The number of phenolic OH excluding ortho intramolecular Hbond substituents is 1. The monoisotopic (exact) mass is 392 g/mol. The Bertz CT molecular complexity index is 792. The minimum Gasteiger partial charge on any atom is -0.507 e. The number of phenols is 1. The number of para-hydroxylation sites is 1. The molecule has 0 aliphatic carbocycles. The van der Waals surface area contributed by atoms with Gasteiger partial charge in [0.25, 0.3) is 5.91 Å². The minimum absolute atomic E-state index is 0.0666. The van der Waals surface area contributed by atoms with Crippen molar-refractivity contribution >= 4 is 34.0 Å². The molecule has 0 atom stereocenters. The molecule has 0 saturated carbocycles. The molecular weight excluding hydrogens is 380 g/mol. The summed E-state index contributed by atoms with van der Waals surface area (Å²) in [6.45, 7) is -0.483. The second kappa shape index (κ2) is 8.11. The van der Waals surface area contributed by atoms with Crippen molar-refractivity contribution in [2.45, 2.75) is 0 Å². The van der Waals surface area contributed by atoms with Gasteiger partial charge < -0.3 is 14.9 Å². The molecule has 0 spiro atoms. The summed E-state index contributed by atoms with van der Waals surface area (Å²) in [5, 5.41) is 22.1. The molecule has 8 heteroatoms. The standard InChI is InChI=1S/C16H13BrN2O5/c17-11-5-6-13(20)12(7-11)16(23)19-18-8-10-3-1-2-4-14(10)24-9-15(21)22/h1-8,20H,9H2,(H,19,23)(H,21,22)/b18-8+. The van der Waals surface area contributed by atoms with Crippen molar-refractivity contribution in [3.63, 3.8) is 0 Å². The molecule has 0 saturated heterocycles. The number of carboxylic acid groups (broad SMARTS) is 1. The van der Waals surface area contributed by atoms with Crippen molar-refractivity contribution in [3.8, 4) is 11.5 Å². The van der Waals surface area contributed by atoms with Crippen LogP contribution in [0.1, 0.15) is 15.9 Å². The average molecular weight is 393 g/mol. The van der Waals surface area contributed by atoms with E-state index in [1.807, 2.05) is 0 Å². The molecule has 24 heavy (non-hydrogen) atoms. The summed E-state index contributed by atoms with van der Waals surface area (Å²) in [6.07, 6.45) is 1.32. The first-order chi connectivity index (χ1) is 11.5. The van der Waals surface area contributed by atoms with Crippen LogP contribution in [0.5, 0.6) is 11.5 Å². The number of nitrogens with one attached hydrogen (secondary N) is 1. The molecule has 2 rings (SSSR count). The van der Waals surface area contributed by atoms with Gasteiger partial charge in [-0.15, -0.1) is 0 Å². The van der Waals surface area contributed by atoms with Crippen LogP contribution >= 0.6 is 15.9 Å². The number of hydrazone groups is 1. The summed E-state index contributed by atoms with van der Waals surface area (Å²) in [5.41, 5.74) is 2.85. The highest BCUT2D eigenvalue weighted by Gasteiger charge is 2.10. The molecule has 0 fully saturated rings. The lowest BCUT2D eigenvalue weighted by atomic mass is 10.2. The number of nitrogens with zero attached hydrogens (tertiary/aromatic N) is 1. The van der Waals surface area contributed by atoms with Crippen molar-refractivity contribution in [1.29, 1.82) is 0 Å². The number of amides is 1. The summed E-state index contributed by atoms with van der Waals surface area (Å²) in [5.74, 6) is -1.53. The first kappa shape index (κ1) is 17.5.